The minimum Gasteiger partial charge on any atom is -0.452 e. The molecule has 2 heterocycles. The van der Waals surface area contributed by atoms with Crippen molar-refractivity contribution in [2.24, 2.45) is 0 Å². The maximum Gasteiger partial charge on any atom is 0.420 e. The third-order valence-electron chi connectivity index (χ3n) is 5.95. The van der Waals surface area contributed by atoms with Crippen LogP contribution < -0.4 is 4.72 Å². The number of carbonyl (C=O) groups is 2. The van der Waals surface area contributed by atoms with E-state index >= 15 is 0 Å². The molecule has 4 rings (SSSR count). The van der Waals surface area contributed by atoms with Crippen molar-refractivity contribution in [1.29, 1.82) is 0 Å². The molecule has 0 unspecified atom stereocenters. The van der Waals surface area contributed by atoms with Crippen molar-refractivity contribution >= 4 is 44.5 Å². The van der Waals surface area contributed by atoms with Gasteiger partial charge in [-0.05, 0) is 60.0 Å². The minimum atomic E-state index is -3.97. The molecule has 0 radical (unpaired) electrons. The quantitative estimate of drug-likeness (QED) is 0.582. The van der Waals surface area contributed by atoms with Gasteiger partial charge in [0.2, 0.25) is 5.91 Å². The fraction of sp³-hybridized carbons (Fsp3) is 0.304. The summed E-state index contributed by atoms with van der Waals surface area (Å²) in [5.41, 5.74) is 1.94. The van der Waals surface area contributed by atoms with Gasteiger partial charge in [0.25, 0.3) is 10.0 Å². The number of piperidine rings is 1. The Balaban J connectivity index is 0.00000324. The number of likely N-dealkylation sites (tertiary alicyclic amines) is 1. The number of nitrogens with zero attached hydrogens (tertiary/aromatic N) is 2. The van der Waals surface area contributed by atoms with Crippen LogP contribution in [0.3, 0.4) is 0 Å². The van der Waals surface area contributed by atoms with Gasteiger partial charge >= 0.3 is 6.09 Å². The molecule has 1 saturated heterocycles. The maximum absolute atomic E-state index is 12.9. The van der Waals surface area contributed by atoms with E-state index in [4.69, 9.17) is 11.6 Å². The summed E-state index contributed by atoms with van der Waals surface area (Å²) in [6.45, 7) is 1.52. The van der Waals surface area contributed by atoms with Gasteiger partial charge in [0.15, 0.2) is 0 Å². The van der Waals surface area contributed by atoms with Crippen LogP contribution in [-0.2, 0) is 26.1 Å². The summed E-state index contributed by atoms with van der Waals surface area (Å²) < 4.78 is 32.4. The number of aromatic nitrogens is 1. The van der Waals surface area contributed by atoms with E-state index < -0.39 is 16.1 Å². The van der Waals surface area contributed by atoms with E-state index in [1.807, 2.05) is 44.7 Å². The topological polar surface area (TPSA) is 97.7 Å². The molecule has 0 saturated carbocycles. The van der Waals surface area contributed by atoms with Crippen molar-refractivity contribution in [3.8, 4) is 0 Å². The first-order valence-corrected chi connectivity index (χ1v) is 12.4. The van der Waals surface area contributed by atoms with E-state index in [1.165, 1.54) is 12.1 Å². The van der Waals surface area contributed by atoms with Crippen LogP contribution in [-0.4, -0.2) is 50.1 Å². The number of hydrogen-bond acceptors (Lipinski definition) is 5. The second-order valence-electron chi connectivity index (χ2n) is 7.97. The summed E-state index contributed by atoms with van der Waals surface area (Å²) in [6.07, 6.45) is 2.44. The molecule has 3 aromatic rings. The van der Waals surface area contributed by atoms with E-state index in [1.54, 1.807) is 12.1 Å². The first-order valence-electron chi connectivity index (χ1n) is 10.5. The molecule has 1 aliphatic rings. The highest BCUT2D eigenvalue weighted by atomic mass is 35.5. The zero-order valence-corrected chi connectivity index (χ0v) is 19.6. The van der Waals surface area contributed by atoms with Crippen LogP contribution in [0.1, 0.15) is 25.7 Å². The molecule has 1 aliphatic heterocycles. The van der Waals surface area contributed by atoms with Gasteiger partial charge in [-0.2, -0.15) is 0 Å². The lowest BCUT2D eigenvalue weighted by Crippen LogP contribution is -2.39. The Morgan fingerprint density at radius 3 is 2.48 bits per heavy atom. The van der Waals surface area contributed by atoms with Crippen molar-refractivity contribution in [1.82, 2.24) is 14.2 Å². The SMILES string of the molecule is COC(=O)NS(=O)(=O)c1ccc(C2CCN(C(=O)Cn3ccc4ccc(Cl)cc43)CC2)cc1.[HH]. The summed E-state index contributed by atoms with van der Waals surface area (Å²) >= 11 is 6.10. The number of ether oxygens (including phenoxy) is 1. The predicted molar refractivity (Wildman–Crippen MR) is 127 cm³/mol. The Labute approximate surface area is 198 Å². The van der Waals surface area contributed by atoms with Crippen LogP contribution >= 0.6 is 11.6 Å². The monoisotopic (exact) mass is 491 g/mol. The summed E-state index contributed by atoms with van der Waals surface area (Å²) in [5.74, 6) is 0.284. The number of sulfonamides is 1. The Bertz CT molecular complexity index is 1290. The highest BCUT2D eigenvalue weighted by Crippen LogP contribution is 2.29. The molecule has 10 heteroatoms. The van der Waals surface area contributed by atoms with Crippen LogP contribution in [0.25, 0.3) is 10.9 Å². The van der Waals surface area contributed by atoms with Gasteiger partial charge in [-0.15, -0.1) is 0 Å². The number of hydrogen-bond donors (Lipinski definition) is 1. The van der Waals surface area contributed by atoms with E-state index in [0.717, 1.165) is 36.4 Å². The predicted octanol–water partition coefficient (Wildman–Crippen LogP) is 3.99. The Kier molecular flexibility index (Phi) is 6.62. The number of rotatable bonds is 5. The normalized spacial score (nSPS) is 14.9. The summed E-state index contributed by atoms with van der Waals surface area (Å²) in [6, 6.07) is 14.1. The Morgan fingerprint density at radius 2 is 1.82 bits per heavy atom. The standard InChI is InChI=1S/C23H24ClN3O5S.H2/c1-32-23(29)25-33(30,31)20-6-3-16(4-7-20)17-8-11-26(12-9-17)22(28)15-27-13-10-18-2-5-19(24)14-21(18)27;/h2-7,10,13-14,17H,8-9,11-12,15H2,1H3,(H,25,29);1H. The average Bonchev–Trinajstić information content (AvgIpc) is 3.20. The average molecular weight is 492 g/mol. The van der Waals surface area contributed by atoms with Crippen LogP contribution in [0.5, 0.6) is 0 Å². The van der Waals surface area contributed by atoms with Crippen LogP contribution in [0, 0.1) is 0 Å². The summed E-state index contributed by atoms with van der Waals surface area (Å²) in [4.78, 5) is 26.0. The molecular weight excluding hydrogens is 466 g/mol. The number of halogens is 1. The molecule has 2 amide bonds. The molecular formula is C23H26ClN3O5S. The molecule has 33 heavy (non-hydrogen) atoms. The van der Waals surface area contributed by atoms with Gasteiger partial charge in [-0.25, -0.2) is 17.9 Å². The Morgan fingerprint density at radius 1 is 1.12 bits per heavy atom. The number of amides is 2. The van der Waals surface area contributed by atoms with Gasteiger partial charge in [-0.3, -0.25) is 4.79 Å². The van der Waals surface area contributed by atoms with Crippen molar-refractivity contribution in [2.45, 2.75) is 30.2 Å². The smallest absolute Gasteiger partial charge is 0.420 e. The summed E-state index contributed by atoms with van der Waals surface area (Å²) in [7, 11) is -2.87. The highest BCUT2D eigenvalue weighted by Gasteiger charge is 2.25. The largest absolute Gasteiger partial charge is 0.452 e. The van der Waals surface area contributed by atoms with Crippen molar-refractivity contribution in [3.63, 3.8) is 0 Å². The highest BCUT2D eigenvalue weighted by molar-refractivity contribution is 7.90. The van der Waals surface area contributed by atoms with Gasteiger partial charge in [0.1, 0.15) is 6.54 Å². The fourth-order valence-electron chi connectivity index (χ4n) is 4.13. The fourth-order valence-corrected chi connectivity index (χ4v) is 5.21. The van der Waals surface area contributed by atoms with Crippen molar-refractivity contribution < 1.29 is 24.2 Å². The lowest BCUT2D eigenvalue weighted by atomic mass is 9.89. The molecule has 2 aromatic carbocycles. The molecule has 1 aromatic heterocycles. The molecule has 0 spiro atoms. The van der Waals surface area contributed by atoms with E-state index in [2.05, 4.69) is 4.74 Å². The third kappa shape index (κ3) is 5.15. The van der Waals surface area contributed by atoms with Gasteiger partial charge < -0.3 is 14.2 Å². The number of methoxy groups -OCH3 is 1. The van der Waals surface area contributed by atoms with Gasteiger partial charge in [-0.1, -0.05) is 29.8 Å². The second kappa shape index (κ2) is 9.44. The maximum atomic E-state index is 12.9. The van der Waals surface area contributed by atoms with E-state index in [0.29, 0.717) is 18.1 Å². The van der Waals surface area contributed by atoms with Gasteiger partial charge in [0, 0.05) is 31.3 Å². The molecule has 1 fully saturated rings. The third-order valence-corrected chi connectivity index (χ3v) is 7.52. The van der Waals surface area contributed by atoms with Gasteiger partial charge in [0.05, 0.1) is 12.0 Å². The number of carbonyl (C=O) groups excluding carboxylic acids is 2. The van der Waals surface area contributed by atoms with Crippen molar-refractivity contribution in [3.05, 3.63) is 65.3 Å². The van der Waals surface area contributed by atoms with E-state index in [-0.39, 0.29) is 24.7 Å². The van der Waals surface area contributed by atoms with Crippen LogP contribution in [0.2, 0.25) is 5.02 Å². The Hall–Kier alpha value is -3.04. The second-order valence-corrected chi connectivity index (χ2v) is 10.1. The zero-order valence-electron chi connectivity index (χ0n) is 18.0. The van der Waals surface area contributed by atoms with Crippen LogP contribution in [0.4, 0.5) is 4.79 Å². The molecule has 0 bridgehead atoms. The minimum absolute atomic E-state index is 0. The first kappa shape index (κ1) is 23.1. The number of benzene rings is 2. The zero-order chi connectivity index (χ0) is 23.6. The lowest BCUT2D eigenvalue weighted by Gasteiger charge is -2.32. The molecule has 176 valence electrons. The molecule has 1 N–H and O–H groups in total. The lowest BCUT2D eigenvalue weighted by molar-refractivity contribution is -0.132. The van der Waals surface area contributed by atoms with Crippen LogP contribution in [0.15, 0.2) is 59.6 Å². The van der Waals surface area contributed by atoms with Crippen molar-refractivity contribution in [2.75, 3.05) is 20.2 Å². The molecule has 8 nitrogen and oxygen atoms in total. The molecule has 0 atom stereocenters. The number of nitrogens with one attached hydrogen (secondary N) is 1. The first-order chi connectivity index (χ1) is 15.8. The number of fused-ring (bicyclic) bond motifs is 1. The molecule has 0 aliphatic carbocycles. The van der Waals surface area contributed by atoms with E-state index in [9.17, 15) is 18.0 Å². The summed E-state index contributed by atoms with van der Waals surface area (Å²) in [5, 5.41) is 1.67.